The highest BCUT2D eigenvalue weighted by atomic mass is 19.2. The topological polar surface area (TPSA) is 81.7 Å². The molecule has 6 rings (SSSR count). The van der Waals surface area contributed by atoms with Crippen LogP contribution in [-0.2, 0) is 13.5 Å². The monoisotopic (exact) mass is 507 g/mol. The Kier molecular flexibility index (Phi) is 5.67. The molecule has 1 aromatic carbocycles. The van der Waals surface area contributed by atoms with Crippen LogP contribution < -0.4 is 0 Å². The highest BCUT2D eigenvalue weighted by Crippen LogP contribution is 2.44. The number of hydrogen-bond donors (Lipinski definition) is 0. The number of aryl methyl sites for hydroxylation is 2. The summed E-state index contributed by atoms with van der Waals surface area (Å²) < 4.78 is 43.3. The minimum Gasteiger partial charge on any atom is -0.291 e. The van der Waals surface area contributed by atoms with Gasteiger partial charge in [-0.15, -0.1) is 0 Å². The van der Waals surface area contributed by atoms with Crippen molar-refractivity contribution in [2.75, 3.05) is 6.54 Å². The van der Waals surface area contributed by atoms with Gasteiger partial charge in [-0.1, -0.05) is 0 Å². The normalized spacial score (nSPS) is 19.2. The Morgan fingerprint density at radius 2 is 1.78 bits per heavy atom. The maximum atomic E-state index is 14.0. The molecule has 11 heteroatoms. The smallest absolute Gasteiger partial charge is 0.195 e. The van der Waals surface area contributed by atoms with Gasteiger partial charge in [0.05, 0.1) is 42.1 Å². The lowest BCUT2D eigenvalue weighted by atomic mass is 9.81. The van der Waals surface area contributed by atoms with Gasteiger partial charge in [0, 0.05) is 29.9 Å². The molecule has 0 saturated carbocycles. The molecule has 2 unspecified atom stereocenters. The molecule has 0 amide bonds. The molecule has 2 bridgehead atoms. The van der Waals surface area contributed by atoms with Crippen molar-refractivity contribution in [3.05, 3.63) is 76.8 Å². The first kappa shape index (κ1) is 23.5. The van der Waals surface area contributed by atoms with E-state index in [-0.39, 0.29) is 30.0 Å². The molecule has 8 nitrogen and oxygen atoms in total. The molecule has 1 saturated heterocycles. The summed E-state index contributed by atoms with van der Waals surface area (Å²) in [5.41, 5.74) is 4.21. The highest BCUT2D eigenvalue weighted by molar-refractivity contribution is 5.96. The summed E-state index contributed by atoms with van der Waals surface area (Å²) in [4.78, 5) is 21.5. The van der Waals surface area contributed by atoms with Crippen LogP contribution in [0.1, 0.15) is 52.7 Å². The largest absolute Gasteiger partial charge is 0.291 e. The Bertz CT molecular complexity index is 1490. The van der Waals surface area contributed by atoms with E-state index in [9.17, 15) is 18.0 Å². The molecule has 190 valence electrons. The fraction of sp³-hybridized carbons (Fsp3) is 0.346. The number of carbonyl (C=O) groups is 1. The van der Waals surface area contributed by atoms with Gasteiger partial charge in [-0.3, -0.25) is 14.4 Å². The Labute approximate surface area is 210 Å². The van der Waals surface area contributed by atoms with Crippen LogP contribution in [-0.4, -0.2) is 53.0 Å². The van der Waals surface area contributed by atoms with E-state index in [0.29, 0.717) is 29.2 Å². The predicted octanol–water partition coefficient (Wildman–Crippen LogP) is 4.12. The summed E-state index contributed by atoms with van der Waals surface area (Å²) in [6.07, 6.45) is 6.39. The number of rotatable bonds is 5. The van der Waals surface area contributed by atoms with E-state index >= 15 is 0 Å². The van der Waals surface area contributed by atoms with Crippen LogP contribution in [0.15, 0.2) is 36.7 Å². The van der Waals surface area contributed by atoms with E-state index in [4.69, 9.17) is 5.10 Å². The molecule has 0 radical (unpaired) electrons. The van der Waals surface area contributed by atoms with E-state index in [1.807, 2.05) is 13.0 Å². The first-order valence-electron chi connectivity index (χ1n) is 12.1. The Morgan fingerprint density at radius 1 is 1.05 bits per heavy atom. The van der Waals surface area contributed by atoms with E-state index in [2.05, 4.69) is 20.1 Å². The van der Waals surface area contributed by atoms with Gasteiger partial charge in [-0.2, -0.15) is 20.1 Å². The number of hydrogen-bond acceptors (Lipinski definition) is 6. The third-order valence-electron chi connectivity index (χ3n) is 7.27. The molecular formula is C26H24F3N7O. The highest BCUT2D eigenvalue weighted by Gasteiger charge is 2.42. The van der Waals surface area contributed by atoms with Gasteiger partial charge in [0.25, 0.3) is 0 Å². The number of piperidine rings is 1. The van der Waals surface area contributed by atoms with E-state index in [0.717, 1.165) is 42.7 Å². The summed E-state index contributed by atoms with van der Waals surface area (Å²) in [5, 5.41) is 13.0. The molecule has 2 aliphatic rings. The van der Waals surface area contributed by atoms with Gasteiger partial charge < -0.3 is 0 Å². The van der Waals surface area contributed by atoms with Crippen LogP contribution in [0.2, 0.25) is 0 Å². The lowest BCUT2D eigenvalue weighted by Crippen LogP contribution is -2.48. The van der Waals surface area contributed by atoms with Crippen LogP contribution in [0.3, 0.4) is 0 Å². The zero-order chi connectivity index (χ0) is 25.8. The second-order valence-corrected chi connectivity index (χ2v) is 9.66. The molecular weight excluding hydrogens is 483 g/mol. The number of nitrogens with zero attached hydrogens (tertiary/aromatic N) is 7. The van der Waals surface area contributed by atoms with Gasteiger partial charge >= 0.3 is 0 Å². The zero-order valence-corrected chi connectivity index (χ0v) is 20.3. The van der Waals surface area contributed by atoms with Crippen molar-refractivity contribution < 1.29 is 18.0 Å². The van der Waals surface area contributed by atoms with Crippen molar-refractivity contribution in [3.8, 4) is 16.9 Å². The van der Waals surface area contributed by atoms with Gasteiger partial charge in [-0.05, 0) is 56.9 Å². The molecule has 0 spiro atoms. The average molecular weight is 508 g/mol. The lowest BCUT2D eigenvalue weighted by Gasteiger charge is -2.45. The van der Waals surface area contributed by atoms with Crippen LogP contribution in [0, 0.1) is 24.4 Å². The van der Waals surface area contributed by atoms with E-state index in [1.165, 1.54) is 4.80 Å². The van der Waals surface area contributed by atoms with Crippen molar-refractivity contribution >= 4 is 5.78 Å². The second kappa shape index (κ2) is 8.91. The zero-order valence-electron chi connectivity index (χ0n) is 20.3. The summed E-state index contributed by atoms with van der Waals surface area (Å²) >= 11 is 0. The van der Waals surface area contributed by atoms with Crippen molar-refractivity contribution in [1.82, 2.24) is 34.7 Å². The molecule has 4 aromatic rings. The minimum absolute atomic E-state index is 0.0605. The fourth-order valence-corrected chi connectivity index (χ4v) is 5.74. The van der Waals surface area contributed by atoms with Crippen molar-refractivity contribution in [2.45, 2.75) is 44.7 Å². The third-order valence-corrected chi connectivity index (χ3v) is 7.27. The number of pyridine rings is 1. The first-order chi connectivity index (χ1) is 17.8. The quantitative estimate of drug-likeness (QED) is 0.299. The number of ketones is 1. The Balaban J connectivity index is 1.33. The predicted molar refractivity (Wildman–Crippen MR) is 128 cm³/mol. The van der Waals surface area contributed by atoms with Crippen LogP contribution in [0.25, 0.3) is 16.9 Å². The molecule has 5 heterocycles. The first-order valence-corrected chi connectivity index (χ1v) is 12.1. The van der Waals surface area contributed by atoms with Crippen LogP contribution in [0.4, 0.5) is 13.2 Å². The molecule has 3 aromatic heterocycles. The molecule has 0 aliphatic carbocycles. The molecule has 2 aliphatic heterocycles. The summed E-state index contributed by atoms with van der Waals surface area (Å²) in [5.74, 6) is -4.07. The van der Waals surface area contributed by atoms with Crippen LogP contribution in [0.5, 0.6) is 0 Å². The maximum Gasteiger partial charge on any atom is 0.195 e. The molecule has 0 N–H and O–H groups in total. The van der Waals surface area contributed by atoms with E-state index < -0.39 is 17.5 Å². The number of carbonyl (C=O) groups excluding carboxylic acids is 1. The van der Waals surface area contributed by atoms with E-state index in [1.54, 1.807) is 30.2 Å². The summed E-state index contributed by atoms with van der Waals surface area (Å²) in [7, 11) is 1.72. The maximum absolute atomic E-state index is 14.0. The van der Waals surface area contributed by atoms with Crippen molar-refractivity contribution in [3.63, 3.8) is 0 Å². The average Bonchev–Trinajstić information content (AvgIpc) is 3.50. The number of benzene rings is 1. The standard InChI is InChI=1S/C26H24F3N7O/c1-14-8-17(36-30-6-7-31-36)12-21(32-14)23(37)13-35-16-4-3-5-22(35)25-18(11-16)26(34(2)33-25)15-9-19(27)24(29)20(28)10-15/h6-10,12,16,22H,3-5,11,13H2,1-2H3. The summed E-state index contributed by atoms with van der Waals surface area (Å²) in [6.45, 7) is 1.99. The SMILES string of the molecule is Cc1cc(-n2nccn2)cc(C(=O)CN2C3CCCC2c2nn(C)c(-c4cc(F)c(F)c(F)c4)c2C3)n1. The third kappa shape index (κ3) is 4.03. The van der Waals surface area contributed by atoms with Gasteiger partial charge in [0.15, 0.2) is 23.2 Å². The number of fused-ring (bicyclic) bond motifs is 4. The van der Waals surface area contributed by atoms with Crippen LogP contribution >= 0.6 is 0 Å². The van der Waals surface area contributed by atoms with Crippen molar-refractivity contribution in [1.29, 1.82) is 0 Å². The molecule has 37 heavy (non-hydrogen) atoms. The Morgan fingerprint density at radius 3 is 2.51 bits per heavy atom. The molecule has 1 fully saturated rings. The number of aromatic nitrogens is 6. The van der Waals surface area contributed by atoms with Gasteiger partial charge in [0.2, 0.25) is 0 Å². The number of Topliss-reactive ketones (excluding diaryl/α,β-unsaturated/α-hetero) is 1. The van der Waals surface area contributed by atoms with Crippen molar-refractivity contribution in [2.24, 2.45) is 7.05 Å². The number of halogens is 3. The summed E-state index contributed by atoms with van der Waals surface area (Å²) in [6, 6.07) is 5.48. The Hall–Kier alpha value is -3.86. The fourth-order valence-electron chi connectivity index (χ4n) is 5.74. The van der Waals surface area contributed by atoms with Gasteiger partial charge in [0.1, 0.15) is 5.69 Å². The van der Waals surface area contributed by atoms with Gasteiger partial charge in [-0.25, -0.2) is 18.2 Å². The molecule has 2 atom stereocenters. The second-order valence-electron chi connectivity index (χ2n) is 9.66. The minimum atomic E-state index is -1.49. The lowest BCUT2D eigenvalue weighted by molar-refractivity contribution is 0.0559.